The number of hydrogen-bond acceptors (Lipinski definition) is 5. The van der Waals surface area contributed by atoms with E-state index in [0.717, 1.165) is 56.9 Å². The minimum Gasteiger partial charge on any atom is -0.369 e. The average molecular weight is 423 g/mol. The Labute approximate surface area is 175 Å². The van der Waals surface area contributed by atoms with Crippen molar-refractivity contribution in [2.45, 2.75) is 38.9 Å². The quantitative estimate of drug-likeness (QED) is 0.761. The number of hydrogen-bond donors (Lipinski definition) is 1. The monoisotopic (exact) mass is 422 g/mol. The number of rotatable bonds is 6. The van der Waals surface area contributed by atoms with E-state index in [2.05, 4.69) is 21.2 Å². The van der Waals surface area contributed by atoms with Crippen molar-refractivity contribution in [3.63, 3.8) is 0 Å². The van der Waals surface area contributed by atoms with E-state index < -0.39 is 10.0 Å². The van der Waals surface area contributed by atoms with Gasteiger partial charge in [0, 0.05) is 64.1 Å². The molecule has 0 aliphatic carbocycles. The molecule has 1 atom stereocenters. The second kappa shape index (κ2) is 9.45. The van der Waals surface area contributed by atoms with Gasteiger partial charge >= 0.3 is 0 Å². The molecule has 2 aliphatic rings. The van der Waals surface area contributed by atoms with Gasteiger partial charge in [-0.2, -0.15) is 0 Å². The molecule has 1 aromatic rings. The Balaban J connectivity index is 1.52. The number of sulfonamides is 1. The molecular weight excluding hydrogens is 388 g/mol. The molecule has 0 saturated carbocycles. The standard InChI is InChI=1S/C21H34N4O3S/c1-17(2)29(27,28)25-9-5-6-19(16-25)15-23-10-12-24(13-11-23)21-8-4-7-20(14-21)22-18(3)26/h4,7-8,14,17,19H,5-6,9-13,15-16H2,1-3H3,(H,22,26). The Hall–Kier alpha value is -1.64. The third kappa shape index (κ3) is 5.71. The number of piperazine rings is 1. The fourth-order valence-electron chi connectivity index (χ4n) is 4.24. The molecule has 8 heteroatoms. The predicted molar refractivity (Wildman–Crippen MR) is 118 cm³/mol. The van der Waals surface area contributed by atoms with Crippen LogP contribution in [0.1, 0.15) is 33.6 Å². The number of anilines is 2. The zero-order valence-corrected chi connectivity index (χ0v) is 18.6. The van der Waals surface area contributed by atoms with Gasteiger partial charge in [0.05, 0.1) is 5.25 Å². The van der Waals surface area contributed by atoms with Gasteiger partial charge in [0.1, 0.15) is 0 Å². The summed E-state index contributed by atoms with van der Waals surface area (Å²) in [5, 5.41) is 2.49. The van der Waals surface area contributed by atoms with Crippen LogP contribution in [0.15, 0.2) is 24.3 Å². The van der Waals surface area contributed by atoms with Crippen LogP contribution in [0, 0.1) is 5.92 Å². The number of nitrogens with zero attached hydrogens (tertiary/aromatic N) is 3. The lowest BCUT2D eigenvalue weighted by molar-refractivity contribution is -0.114. The molecular formula is C21H34N4O3S. The summed E-state index contributed by atoms with van der Waals surface area (Å²) in [6, 6.07) is 7.98. The molecule has 3 rings (SSSR count). The summed E-state index contributed by atoms with van der Waals surface area (Å²) in [6.45, 7) is 11.1. The smallest absolute Gasteiger partial charge is 0.221 e. The van der Waals surface area contributed by atoms with Crippen molar-refractivity contribution in [1.82, 2.24) is 9.21 Å². The van der Waals surface area contributed by atoms with Crippen LogP contribution in [-0.4, -0.2) is 74.6 Å². The average Bonchev–Trinajstić information content (AvgIpc) is 2.68. The highest BCUT2D eigenvalue weighted by atomic mass is 32.2. The van der Waals surface area contributed by atoms with E-state index in [1.165, 1.54) is 6.92 Å². The SMILES string of the molecule is CC(=O)Nc1cccc(N2CCN(CC3CCCN(S(=O)(=O)C(C)C)C3)CC2)c1. The van der Waals surface area contributed by atoms with Gasteiger partial charge in [-0.15, -0.1) is 0 Å². The maximum absolute atomic E-state index is 12.5. The van der Waals surface area contributed by atoms with Crippen LogP contribution in [0.5, 0.6) is 0 Å². The predicted octanol–water partition coefficient (Wildman–Crippen LogP) is 2.22. The first-order chi connectivity index (χ1) is 13.8. The summed E-state index contributed by atoms with van der Waals surface area (Å²) in [7, 11) is -3.15. The zero-order chi connectivity index (χ0) is 21.0. The van der Waals surface area contributed by atoms with Gasteiger partial charge < -0.3 is 10.2 Å². The second-order valence-corrected chi connectivity index (χ2v) is 11.0. The van der Waals surface area contributed by atoms with E-state index in [1.54, 1.807) is 18.2 Å². The summed E-state index contributed by atoms with van der Waals surface area (Å²) < 4.78 is 26.7. The van der Waals surface area contributed by atoms with Gasteiger partial charge in [-0.1, -0.05) is 6.07 Å². The number of piperidine rings is 1. The minimum absolute atomic E-state index is 0.0621. The molecule has 0 spiro atoms. The van der Waals surface area contributed by atoms with Crippen LogP contribution in [-0.2, 0) is 14.8 Å². The van der Waals surface area contributed by atoms with Crippen molar-refractivity contribution in [3.05, 3.63) is 24.3 Å². The van der Waals surface area contributed by atoms with Crippen molar-refractivity contribution in [2.75, 3.05) is 56.0 Å². The molecule has 0 aromatic heterocycles. The summed E-state index contributed by atoms with van der Waals surface area (Å²) in [5.74, 6) is 0.347. The van der Waals surface area contributed by atoms with Crippen molar-refractivity contribution < 1.29 is 13.2 Å². The Bertz CT molecular complexity index is 804. The summed E-state index contributed by atoms with van der Waals surface area (Å²) >= 11 is 0. The first-order valence-electron chi connectivity index (χ1n) is 10.6. The topological polar surface area (TPSA) is 73.0 Å². The Morgan fingerprint density at radius 1 is 1.17 bits per heavy atom. The van der Waals surface area contributed by atoms with E-state index in [-0.39, 0.29) is 11.2 Å². The maximum atomic E-state index is 12.5. The molecule has 2 heterocycles. The third-order valence-electron chi connectivity index (χ3n) is 5.86. The molecule has 7 nitrogen and oxygen atoms in total. The van der Waals surface area contributed by atoms with Crippen molar-refractivity contribution >= 4 is 27.3 Å². The molecule has 2 aliphatic heterocycles. The number of carbonyl (C=O) groups is 1. The first kappa shape index (κ1) is 22.1. The highest BCUT2D eigenvalue weighted by Gasteiger charge is 2.32. The van der Waals surface area contributed by atoms with Crippen LogP contribution in [0.2, 0.25) is 0 Å². The normalized spacial score (nSPS) is 22.1. The number of amides is 1. The summed E-state index contributed by atoms with van der Waals surface area (Å²) in [6.07, 6.45) is 2.05. The van der Waals surface area contributed by atoms with Crippen LogP contribution in [0.3, 0.4) is 0 Å². The fraction of sp³-hybridized carbons (Fsp3) is 0.667. The molecule has 1 unspecified atom stereocenters. The first-order valence-corrected chi connectivity index (χ1v) is 12.1. The van der Waals surface area contributed by atoms with Crippen LogP contribution in [0.25, 0.3) is 0 Å². The second-order valence-electron chi connectivity index (χ2n) is 8.48. The highest BCUT2D eigenvalue weighted by molar-refractivity contribution is 7.89. The lowest BCUT2D eigenvalue weighted by Crippen LogP contribution is -2.50. The van der Waals surface area contributed by atoms with Crippen molar-refractivity contribution in [3.8, 4) is 0 Å². The van der Waals surface area contributed by atoms with Gasteiger partial charge in [-0.3, -0.25) is 9.69 Å². The molecule has 1 N–H and O–H groups in total. The van der Waals surface area contributed by atoms with Gasteiger partial charge in [-0.25, -0.2) is 12.7 Å². The van der Waals surface area contributed by atoms with Crippen LogP contribution < -0.4 is 10.2 Å². The maximum Gasteiger partial charge on any atom is 0.221 e. The summed E-state index contributed by atoms with van der Waals surface area (Å²) in [5.41, 5.74) is 1.95. The van der Waals surface area contributed by atoms with Crippen LogP contribution >= 0.6 is 0 Å². The highest BCUT2D eigenvalue weighted by Crippen LogP contribution is 2.24. The molecule has 0 bridgehead atoms. The Morgan fingerprint density at radius 3 is 2.55 bits per heavy atom. The number of carbonyl (C=O) groups excluding carboxylic acids is 1. The van der Waals surface area contributed by atoms with E-state index in [1.807, 2.05) is 18.2 Å². The van der Waals surface area contributed by atoms with Gasteiger partial charge in [0.15, 0.2) is 0 Å². The Morgan fingerprint density at radius 2 is 1.90 bits per heavy atom. The van der Waals surface area contributed by atoms with Gasteiger partial charge in [0.2, 0.25) is 15.9 Å². The lowest BCUT2D eigenvalue weighted by atomic mass is 9.98. The minimum atomic E-state index is -3.15. The van der Waals surface area contributed by atoms with Gasteiger partial charge in [-0.05, 0) is 50.8 Å². The molecule has 1 aromatic carbocycles. The largest absolute Gasteiger partial charge is 0.369 e. The molecule has 2 fully saturated rings. The van der Waals surface area contributed by atoms with Gasteiger partial charge in [0.25, 0.3) is 0 Å². The number of benzene rings is 1. The molecule has 29 heavy (non-hydrogen) atoms. The third-order valence-corrected chi connectivity index (χ3v) is 8.10. The summed E-state index contributed by atoms with van der Waals surface area (Å²) in [4.78, 5) is 16.1. The lowest BCUT2D eigenvalue weighted by Gasteiger charge is -2.40. The Kier molecular flexibility index (Phi) is 7.19. The molecule has 0 radical (unpaired) electrons. The van der Waals surface area contributed by atoms with Crippen molar-refractivity contribution in [2.24, 2.45) is 5.92 Å². The van der Waals surface area contributed by atoms with E-state index >= 15 is 0 Å². The van der Waals surface area contributed by atoms with Crippen molar-refractivity contribution in [1.29, 1.82) is 0 Å². The molecule has 2 saturated heterocycles. The molecule has 162 valence electrons. The van der Waals surface area contributed by atoms with E-state index in [0.29, 0.717) is 19.0 Å². The van der Waals surface area contributed by atoms with Crippen LogP contribution in [0.4, 0.5) is 11.4 Å². The van der Waals surface area contributed by atoms with E-state index in [4.69, 9.17) is 0 Å². The molecule has 1 amide bonds. The van der Waals surface area contributed by atoms with E-state index in [9.17, 15) is 13.2 Å². The number of nitrogens with one attached hydrogen (secondary N) is 1. The fourth-order valence-corrected chi connectivity index (χ4v) is 5.64. The zero-order valence-electron chi connectivity index (χ0n) is 17.8.